The molecule has 0 amide bonds. The lowest BCUT2D eigenvalue weighted by molar-refractivity contribution is 0.266. The molecule has 0 saturated carbocycles. The first-order chi connectivity index (χ1) is 32.9. The maximum absolute atomic E-state index is 10.2. The number of benzene rings is 9. The number of phenolic OH excluding ortho intramolecular Hbond substituents is 2. The molecule has 4 nitrogen and oxygen atoms in total. The molecule has 0 aliphatic heterocycles. The van der Waals surface area contributed by atoms with Crippen molar-refractivity contribution in [2.45, 2.75) is 30.6 Å². The van der Waals surface area contributed by atoms with Gasteiger partial charge in [0.2, 0.25) is 0 Å². The number of aromatic hydroxyl groups is 2. The molecule has 326 valence electrons. The van der Waals surface area contributed by atoms with Crippen LogP contribution in [-0.2, 0) is 10.8 Å². The maximum Gasteiger partial charge on any atom is 0.119 e. The van der Waals surface area contributed by atoms with E-state index in [-0.39, 0.29) is 11.5 Å². The van der Waals surface area contributed by atoms with E-state index in [1.165, 1.54) is 55.7 Å². The number of allylic oxidation sites excluding steroid dienone is 5. The standard InChI is InChI=1S/C63H50O4/c1-3-4-16-58-42(2)55-13-5-8-17-59(55)62(58,49-24-20-45-40-51(64)30-22-43(45)38-49)47-26-32-53(33-27-47)66-36-11-12-37-67-54-34-28-48(29-35-54)63(50-25-21-46-41-52(65)31-23-44(46)39-50)60-18-9-6-14-56(60)57-15-7-10-19-61(57)63/h3-10,13-35,38-41,64-65H,1,11-12,36-37H2,2H3/b16-4-. The summed E-state index contributed by atoms with van der Waals surface area (Å²) in [6.07, 6.45) is 7.76. The van der Waals surface area contributed by atoms with Crippen molar-refractivity contribution in [1.82, 2.24) is 0 Å². The Kier molecular flexibility index (Phi) is 10.6. The summed E-state index contributed by atoms with van der Waals surface area (Å²) in [4.78, 5) is 0. The van der Waals surface area contributed by atoms with Crippen molar-refractivity contribution < 1.29 is 19.7 Å². The Morgan fingerprint density at radius 1 is 0.448 bits per heavy atom. The van der Waals surface area contributed by atoms with E-state index in [4.69, 9.17) is 9.47 Å². The molecule has 0 radical (unpaired) electrons. The zero-order valence-corrected chi connectivity index (χ0v) is 37.5. The summed E-state index contributed by atoms with van der Waals surface area (Å²) in [5, 5.41) is 24.6. The lowest BCUT2D eigenvalue weighted by atomic mass is 9.66. The van der Waals surface area contributed by atoms with Gasteiger partial charge in [0.15, 0.2) is 0 Å². The smallest absolute Gasteiger partial charge is 0.119 e. The predicted molar refractivity (Wildman–Crippen MR) is 273 cm³/mol. The quantitative estimate of drug-likeness (QED) is 0.0895. The van der Waals surface area contributed by atoms with Crippen LogP contribution in [0.1, 0.15) is 64.3 Å². The lowest BCUT2D eigenvalue weighted by Crippen LogP contribution is -2.29. The SMILES string of the molecule is C=C/C=C\C1=C(C)c2ccccc2C1(c1ccc(OCCCCOc2ccc(C3(c4ccc5cc(O)ccc5c4)c4ccccc4-c4ccccc43)cc2)cc1)c1ccc2cc(O)ccc2c1. The molecule has 11 rings (SSSR count). The Hall–Kier alpha value is -8.08. The maximum atomic E-state index is 10.2. The molecule has 0 saturated heterocycles. The molecule has 9 aromatic carbocycles. The van der Waals surface area contributed by atoms with Gasteiger partial charge in [-0.15, -0.1) is 0 Å². The largest absolute Gasteiger partial charge is 0.508 e. The highest BCUT2D eigenvalue weighted by molar-refractivity contribution is 5.92. The highest BCUT2D eigenvalue weighted by Gasteiger charge is 2.47. The summed E-state index contributed by atoms with van der Waals surface area (Å²) in [6.45, 7) is 7.37. The minimum absolute atomic E-state index is 0.258. The van der Waals surface area contributed by atoms with E-state index >= 15 is 0 Å². The summed E-state index contributed by atoms with van der Waals surface area (Å²) < 4.78 is 12.7. The van der Waals surface area contributed by atoms with E-state index in [9.17, 15) is 10.2 Å². The van der Waals surface area contributed by atoms with Gasteiger partial charge >= 0.3 is 0 Å². The van der Waals surface area contributed by atoms with Crippen molar-refractivity contribution in [1.29, 1.82) is 0 Å². The molecular weight excluding hydrogens is 821 g/mol. The minimum atomic E-state index is -0.574. The molecule has 1 unspecified atom stereocenters. The van der Waals surface area contributed by atoms with Crippen LogP contribution in [0.3, 0.4) is 0 Å². The van der Waals surface area contributed by atoms with Gasteiger partial charge in [-0.1, -0.05) is 158 Å². The van der Waals surface area contributed by atoms with Gasteiger partial charge in [-0.25, -0.2) is 0 Å². The second-order valence-corrected chi connectivity index (χ2v) is 17.7. The number of unbranched alkanes of at least 4 members (excludes halogenated alkanes) is 1. The number of hydrogen-bond acceptors (Lipinski definition) is 4. The second kappa shape index (κ2) is 17.0. The molecule has 4 heteroatoms. The van der Waals surface area contributed by atoms with E-state index in [0.29, 0.717) is 13.2 Å². The molecule has 1 atom stereocenters. The Morgan fingerprint density at radius 2 is 0.851 bits per heavy atom. The van der Waals surface area contributed by atoms with Gasteiger partial charge in [0.1, 0.15) is 23.0 Å². The fourth-order valence-electron chi connectivity index (χ4n) is 11.1. The van der Waals surface area contributed by atoms with Crippen LogP contribution < -0.4 is 9.47 Å². The van der Waals surface area contributed by atoms with Crippen LogP contribution in [0.15, 0.2) is 225 Å². The molecule has 2 aliphatic rings. The third kappa shape index (κ3) is 6.91. The van der Waals surface area contributed by atoms with Crippen LogP contribution in [0.25, 0.3) is 38.2 Å². The number of fused-ring (bicyclic) bond motifs is 6. The van der Waals surface area contributed by atoms with Crippen LogP contribution in [-0.4, -0.2) is 23.4 Å². The summed E-state index contributed by atoms with van der Waals surface area (Å²) in [6, 6.07) is 67.8. The third-order valence-electron chi connectivity index (χ3n) is 14.1. The first kappa shape index (κ1) is 41.6. The zero-order valence-electron chi connectivity index (χ0n) is 37.5. The number of ether oxygens (including phenoxy) is 2. The molecule has 9 aromatic rings. The fraction of sp³-hybridized carbons (Fsp3) is 0.111. The first-order valence-corrected chi connectivity index (χ1v) is 23.1. The summed E-state index contributed by atoms with van der Waals surface area (Å²) in [5.74, 6) is 2.19. The molecule has 0 heterocycles. The van der Waals surface area contributed by atoms with Crippen molar-refractivity contribution in [3.05, 3.63) is 269 Å². The molecule has 2 aliphatic carbocycles. The molecule has 67 heavy (non-hydrogen) atoms. The first-order valence-electron chi connectivity index (χ1n) is 23.1. The molecule has 0 fully saturated rings. The third-order valence-corrected chi connectivity index (χ3v) is 14.1. The van der Waals surface area contributed by atoms with E-state index in [1.54, 1.807) is 12.1 Å². The van der Waals surface area contributed by atoms with Crippen molar-refractivity contribution in [2.75, 3.05) is 13.2 Å². The summed E-state index contributed by atoms with van der Waals surface area (Å²) >= 11 is 0. The van der Waals surface area contributed by atoms with Crippen molar-refractivity contribution in [2.24, 2.45) is 0 Å². The highest BCUT2D eigenvalue weighted by Crippen LogP contribution is 2.57. The van der Waals surface area contributed by atoms with E-state index in [2.05, 4.69) is 177 Å². The van der Waals surface area contributed by atoms with Gasteiger partial charge in [0.25, 0.3) is 0 Å². The second-order valence-electron chi connectivity index (χ2n) is 17.7. The van der Waals surface area contributed by atoms with Gasteiger partial charge in [0.05, 0.1) is 24.0 Å². The normalized spacial score (nSPS) is 15.7. The Balaban J connectivity index is 0.802. The zero-order chi connectivity index (χ0) is 45.5. The Labute approximate surface area is 392 Å². The van der Waals surface area contributed by atoms with Crippen LogP contribution in [0.4, 0.5) is 0 Å². The van der Waals surface area contributed by atoms with Crippen molar-refractivity contribution >= 4 is 27.1 Å². The molecule has 0 bridgehead atoms. The van der Waals surface area contributed by atoms with Gasteiger partial charge in [-0.2, -0.15) is 0 Å². The monoisotopic (exact) mass is 870 g/mol. The summed E-state index contributed by atoms with van der Waals surface area (Å²) in [5.41, 5.74) is 13.5. The van der Waals surface area contributed by atoms with Crippen LogP contribution in [0, 0.1) is 0 Å². The van der Waals surface area contributed by atoms with Gasteiger partial charge in [-0.3, -0.25) is 0 Å². The molecular formula is C63H50O4. The van der Waals surface area contributed by atoms with Crippen molar-refractivity contribution in [3.8, 4) is 34.1 Å². The average Bonchev–Trinajstić information content (AvgIpc) is 3.81. The van der Waals surface area contributed by atoms with Gasteiger partial charge in [0, 0.05) is 0 Å². The number of phenols is 2. The predicted octanol–water partition coefficient (Wildman–Crippen LogP) is 14.9. The molecule has 0 aromatic heterocycles. The van der Waals surface area contributed by atoms with E-state index < -0.39 is 10.8 Å². The van der Waals surface area contributed by atoms with E-state index in [1.807, 2.05) is 36.4 Å². The number of rotatable bonds is 13. The van der Waals surface area contributed by atoms with Crippen LogP contribution >= 0.6 is 0 Å². The summed E-state index contributed by atoms with van der Waals surface area (Å²) in [7, 11) is 0. The molecule has 2 N–H and O–H groups in total. The van der Waals surface area contributed by atoms with Crippen LogP contribution in [0.2, 0.25) is 0 Å². The van der Waals surface area contributed by atoms with Gasteiger partial charge in [-0.05, 0) is 169 Å². The lowest BCUT2D eigenvalue weighted by Gasteiger charge is -2.35. The van der Waals surface area contributed by atoms with Gasteiger partial charge < -0.3 is 19.7 Å². The van der Waals surface area contributed by atoms with Crippen molar-refractivity contribution in [3.63, 3.8) is 0 Å². The minimum Gasteiger partial charge on any atom is -0.508 e. The Bertz CT molecular complexity index is 3370. The topological polar surface area (TPSA) is 58.9 Å². The Morgan fingerprint density at radius 3 is 1.36 bits per heavy atom. The fourth-order valence-corrected chi connectivity index (χ4v) is 11.1. The highest BCUT2D eigenvalue weighted by atomic mass is 16.5. The molecule has 0 spiro atoms. The average molecular weight is 871 g/mol. The van der Waals surface area contributed by atoms with Crippen LogP contribution in [0.5, 0.6) is 23.0 Å². The number of hydrogen-bond donors (Lipinski definition) is 2. The van der Waals surface area contributed by atoms with E-state index in [0.717, 1.165) is 57.0 Å².